The Morgan fingerprint density at radius 2 is 1.42 bits per heavy atom. The van der Waals surface area contributed by atoms with Crippen LogP contribution in [0.15, 0.2) is 121 Å². The number of thiazole rings is 1. The van der Waals surface area contributed by atoms with E-state index in [0.29, 0.717) is 0 Å². The van der Waals surface area contributed by atoms with Gasteiger partial charge in [-0.2, -0.15) is 0 Å². The number of thioether (sulfide) groups is 1. The fourth-order valence-corrected chi connectivity index (χ4v) is 9.42. The zero-order valence-electron chi connectivity index (χ0n) is 28.8. The van der Waals surface area contributed by atoms with Gasteiger partial charge >= 0.3 is 0 Å². The highest BCUT2D eigenvalue weighted by Gasteiger charge is 2.49. The van der Waals surface area contributed by atoms with Crippen LogP contribution in [0.4, 0.5) is 0 Å². The minimum absolute atomic E-state index is 0.0455. The summed E-state index contributed by atoms with van der Waals surface area (Å²) in [5.41, 5.74) is 15.0. The van der Waals surface area contributed by atoms with Crippen LogP contribution in [0.3, 0.4) is 0 Å². The van der Waals surface area contributed by atoms with Crippen molar-refractivity contribution in [3.63, 3.8) is 0 Å². The van der Waals surface area contributed by atoms with Crippen molar-refractivity contribution in [2.24, 2.45) is 5.73 Å². The van der Waals surface area contributed by atoms with E-state index in [0.717, 1.165) is 38.4 Å². The van der Waals surface area contributed by atoms with Gasteiger partial charge in [-0.1, -0.05) is 115 Å². The van der Waals surface area contributed by atoms with Crippen molar-refractivity contribution in [2.75, 3.05) is 6.54 Å². The first-order chi connectivity index (χ1) is 24.0. The number of benzene rings is 4. The van der Waals surface area contributed by atoms with Gasteiger partial charge in [-0.05, 0) is 55.5 Å². The van der Waals surface area contributed by atoms with Gasteiger partial charge in [0.05, 0.1) is 39.0 Å². The summed E-state index contributed by atoms with van der Waals surface area (Å²) >= 11 is 3.23. The molecule has 0 bridgehead atoms. The SMILES string of the molecule is Cc1ncsc1-c1ccc(C(C)NC(=O)[C@@H]2C[C@@H](O)CN2C(=O)C(N)C(C)(C)SC(c2ccccc2)(c2ccccc2)c2ccccc2)cc1. The molecule has 0 aliphatic carbocycles. The van der Waals surface area contributed by atoms with E-state index in [1.807, 2.05) is 112 Å². The quantitative estimate of drug-likeness (QED) is 0.127. The van der Waals surface area contributed by atoms with Crippen LogP contribution < -0.4 is 11.1 Å². The molecule has 258 valence electrons. The zero-order valence-corrected chi connectivity index (χ0v) is 30.5. The number of carbonyl (C=O) groups is 2. The number of hydrogen-bond acceptors (Lipinski definition) is 7. The molecule has 2 amide bonds. The van der Waals surface area contributed by atoms with Gasteiger partial charge in [0.25, 0.3) is 0 Å². The maximum Gasteiger partial charge on any atom is 0.243 e. The molecule has 4 N–H and O–H groups in total. The molecule has 9 heteroatoms. The number of nitrogens with two attached hydrogens (primary N) is 1. The van der Waals surface area contributed by atoms with Gasteiger partial charge in [0.1, 0.15) is 6.04 Å². The second-order valence-corrected chi connectivity index (χ2v) is 16.2. The van der Waals surface area contributed by atoms with Crippen molar-refractivity contribution >= 4 is 34.9 Å². The summed E-state index contributed by atoms with van der Waals surface area (Å²) in [6.45, 7) is 7.94. The number of nitrogens with one attached hydrogen (secondary N) is 1. The largest absolute Gasteiger partial charge is 0.391 e. The van der Waals surface area contributed by atoms with E-state index < -0.39 is 27.7 Å². The molecule has 7 nitrogen and oxygen atoms in total. The predicted molar refractivity (Wildman–Crippen MR) is 204 cm³/mol. The lowest BCUT2D eigenvalue weighted by atomic mass is 9.84. The van der Waals surface area contributed by atoms with Gasteiger partial charge < -0.3 is 21.1 Å². The number of rotatable bonds is 11. The maximum atomic E-state index is 14.4. The van der Waals surface area contributed by atoms with Gasteiger partial charge in [0.15, 0.2) is 0 Å². The molecule has 1 fully saturated rings. The van der Waals surface area contributed by atoms with Crippen molar-refractivity contribution in [3.8, 4) is 10.4 Å². The van der Waals surface area contributed by atoms with Gasteiger partial charge in [-0.15, -0.1) is 23.1 Å². The molecule has 2 heterocycles. The third-order valence-electron chi connectivity index (χ3n) is 9.61. The summed E-state index contributed by atoms with van der Waals surface area (Å²) in [6.07, 6.45) is -0.678. The van der Waals surface area contributed by atoms with E-state index in [-0.39, 0.29) is 30.8 Å². The van der Waals surface area contributed by atoms with E-state index in [1.54, 1.807) is 23.1 Å². The summed E-state index contributed by atoms with van der Waals surface area (Å²) < 4.78 is -1.52. The molecule has 50 heavy (non-hydrogen) atoms. The fourth-order valence-electron chi connectivity index (χ4n) is 6.83. The van der Waals surface area contributed by atoms with Crippen molar-refractivity contribution in [1.82, 2.24) is 15.2 Å². The van der Waals surface area contributed by atoms with Crippen LogP contribution in [0.25, 0.3) is 10.4 Å². The molecule has 1 aliphatic heterocycles. The Kier molecular flexibility index (Phi) is 10.6. The van der Waals surface area contributed by atoms with Crippen LogP contribution in [-0.2, 0) is 14.3 Å². The highest BCUT2D eigenvalue weighted by molar-refractivity contribution is 8.02. The Bertz CT molecular complexity index is 1800. The standard InChI is InChI=1S/C41H44N4O3S2/c1-27(29-20-22-30(23-21-29)36-28(2)43-26-49-36)44-38(47)35-24-34(46)25-45(35)39(48)37(42)40(3,4)50-41(31-14-8-5-9-15-31,32-16-10-6-11-17-32)33-18-12-7-13-19-33/h5-23,26-27,34-35,37,46H,24-25,42H2,1-4H3,(H,44,47)/t27?,34-,35+,37?/m1/s1. The van der Waals surface area contributed by atoms with Crippen molar-refractivity contribution < 1.29 is 14.7 Å². The van der Waals surface area contributed by atoms with E-state index >= 15 is 0 Å². The highest BCUT2D eigenvalue weighted by Crippen LogP contribution is 2.54. The molecule has 6 rings (SSSR count). The Labute approximate surface area is 303 Å². The van der Waals surface area contributed by atoms with Gasteiger partial charge in [-0.25, -0.2) is 4.98 Å². The Morgan fingerprint density at radius 1 is 0.900 bits per heavy atom. The smallest absolute Gasteiger partial charge is 0.243 e. The average Bonchev–Trinajstić information content (AvgIpc) is 3.76. The molecule has 2 unspecified atom stereocenters. The van der Waals surface area contributed by atoms with Crippen LogP contribution in [0.5, 0.6) is 0 Å². The Balaban J connectivity index is 1.24. The lowest BCUT2D eigenvalue weighted by molar-refractivity contribution is -0.140. The first-order valence-electron chi connectivity index (χ1n) is 16.9. The number of β-amino-alcohol motifs (C(OH)–C–C–N with tert-alkyl or cyclic N) is 1. The van der Waals surface area contributed by atoms with Gasteiger partial charge in [0.2, 0.25) is 11.8 Å². The fraction of sp³-hybridized carbons (Fsp3) is 0.293. The first-order valence-corrected chi connectivity index (χ1v) is 18.6. The van der Waals surface area contributed by atoms with Crippen LogP contribution in [-0.4, -0.2) is 56.3 Å². The highest BCUT2D eigenvalue weighted by atomic mass is 32.2. The maximum absolute atomic E-state index is 14.4. The number of aliphatic hydroxyl groups excluding tert-OH is 1. The number of hydrogen-bond donors (Lipinski definition) is 3. The lowest BCUT2D eigenvalue weighted by Crippen LogP contribution is -2.57. The number of likely N-dealkylation sites (tertiary alicyclic amines) is 1. The van der Waals surface area contributed by atoms with E-state index in [4.69, 9.17) is 5.73 Å². The second kappa shape index (κ2) is 14.9. The molecule has 1 aliphatic rings. The van der Waals surface area contributed by atoms with E-state index in [1.165, 1.54) is 4.90 Å². The molecular weight excluding hydrogens is 661 g/mol. The minimum Gasteiger partial charge on any atom is -0.391 e. The molecule has 5 aromatic rings. The minimum atomic E-state index is -0.983. The first kappa shape index (κ1) is 35.5. The monoisotopic (exact) mass is 704 g/mol. The number of aryl methyl sites for hydroxylation is 1. The molecule has 0 saturated carbocycles. The summed E-state index contributed by atoms with van der Waals surface area (Å²) in [7, 11) is 0. The predicted octanol–water partition coefficient (Wildman–Crippen LogP) is 7.09. The van der Waals surface area contributed by atoms with E-state index in [2.05, 4.69) is 46.7 Å². The lowest BCUT2D eigenvalue weighted by Gasteiger charge is -2.44. The molecule has 1 aromatic heterocycles. The normalized spacial score (nSPS) is 17.7. The zero-order chi connectivity index (χ0) is 35.5. The van der Waals surface area contributed by atoms with Crippen LogP contribution in [0, 0.1) is 6.92 Å². The van der Waals surface area contributed by atoms with Crippen molar-refractivity contribution in [3.05, 3.63) is 149 Å². The summed E-state index contributed by atoms with van der Waals surface area (Å²) in [5.74, 6) is -0.672. The molecule has 0 spiro atoms. The third-order valence-corrected chi connectivity index (χ3v) is 12.4. The molecular formula is C41H44N4O3S2. The van der Waals surface area contributed by atoms with E-state index in [9.17, 15) is 14.7 Å². The molecule has 0 radical (unpaired) electrons. The third kappa shape index (κ3) is 7.14. The summed E-state index contributed by atoms with van der Waals surface area (Å²) in [5, 5.41) is 13.8. The summed E-state index contributed by atoms with van der Waals surface area (Å²) in [4.78, 5) is 35.1. The van der Waals surface area contributed by atoms with Crippen LogP contribution in [0.2, 0.25) is 0 Å². The molecule has 4 atom stereocenters. The number of aliphatic hydroxyl groups is 1. The number of aromatic nitrogens is 1. The van der Waals surface area contributed by atoms with Crippen LogP contribution in [0.1, 0.15) is 61.2 Å². The second-order valence-electron chi connectivity index (χ2n) is 13.5. The van der Waals surface area contributed by atoms with Gasteiger partial charge in [-0.3, -0.25) is 9.59 Å². The average molecular weight is 705 g/mol. The number of amides is 2. The Morgan fingerprint density at radius 3 is 1.90 bits per heavy atom. The summed E-state index contributed by atoms with van der Waals surface area (Å²) in [6, 6.07) is 36.8. The molecule has 4 aromatic carbocycles. The van der Waals surface area contributed by atoms with Gasteiger partial charge in [0, 0.05) is 17.7 Å². The van der Waals surface area contributed by atoms with Crippen molar-refractivity contribution in [1.29, 1.82) is 0 Å². The van der Waals surface area contributed by atoms with Crippen molar-refractivity contribution in [2.45, 2.75) is 67.8 Å². The number of nitrogens with zero attached hydrogens (tertiary/aromatic N) is 2. The Hall–Kier alpha value is -4.28. The molecule has 1 saturated heterocycles. The topological polar surface area (TPSA) is 109 Å². The van der Waals surface area contributed by atoms with Crippen LogP contribution >= 0.6 is 23.1 Å². The number of carbonyl (C=O) groups excluding carboxylic acids is 2.